The van der Waals surface area contributed by atoms with E-state index in [1.165, 1.54) is 19.6 Å². The summed E-state index contributed by atoms with van der Waals surface area (Å²) in [5, 5.41) is 10.6. The number of esters is 1. The lowest BCUT2D eigenvalue weighted by atomic mass is 9.99. The highest BCUT2D eigenvalue weighted by atomic mass is 32.2. The molecule has 0 fully saturated rings. The van der Waals surface area contributed by atoms with Gasteiger partial charge in [-0.15, -0.1) is 11.8 Å². The Morgan fingerprint density at radius 2 is 1.96 bits per heavy atom. The fraction of sp³-hybridized carbons (Fsp3) is 0.105. The number of rotatable bonds is 5. The average molecular weight is 340 g/mol. The molecule has 0 spiro atoms. The predicted octanol–water partition coefficient (Wildman–Crippen LogP) is 4.73. The molecule has 2 aromatic carbocycles. The van der Waals surface area contributed by atoms with E-state index in [0.29, 0.717) is 16.9 Å². The molecule has 122 valence electrons. The number of carbonyl (C=O) groups is 1. The number of furan rings is 1. The van der Waals surface area contributed by atoms with Gasteiger partial charge in [0.15, 0.2) is 0 Å². The van der Waals surface area contributed by atoms with Gasteiger partial charge in [0, 0.05) is 21.8 Å². The molecule has 0 aliphatic carbocycles. The lowest BCUT2D eigenvalue weighted by Crippen LogP contribution is -2.06. The van der Waals surface area contributed by atoms with Crippen molar-refractivity contribution in [1.82, 2.24) is 0 Å². The zero-order valence-electron chi connectivity index (χ0n) is 13.1. The summed E-state index contributed by atoms with van der Waals surface area (Å²) in [5.74, 6) is -0.0934. The molecule has 0 saturated heterocycles. The van der Waals surface area contributed by atoms with E-state index < -0.39 is 5.97 Å². The van der Waals surface area contributed by atoms with Crippen LogP contribution in [0.25, 0.3) is 11.1 Å². The monoisotopic (exact) mass is 340 g/mol. The van der Waals surface area contributed by atoms with Crippen molar-refractivity contribution >= 4 is 17.7 Å². The molecule has 0 atom stereocenters. The topological polar surface area (TPSA) is 59.7 Å². The van der Waals surface area contributed by atoms with Gasteiger partial charge in [-0.2, -0.15) is 0 Å². The summed E-state index contributed by atoms with van der Waals surface area (Å²) in [6.45, 7) is 0. The van der Waals surface area contributed by atoms with E-state index in [-0.39, 0.29) is 11.3 Å². The van der Waals surface area contributed by atoms with Gasteiger partial charge in [-0.3, -0.25) is 0 Å². The number of ether oxygens (including phenoxy) is 1. The molecule has 0 bridgehead atoms. The van der Waals surface area contributed by atoms with Gasteiger partial charge in [-0.25, -0.2) is 4.79 Å². The first kappa shape index (κ1) is 16.2. The summed E-state index contributed by atoms with van der Waals surface area (Å²) in [4.78, 5) is 13.3. The lowest BCUT2D eigenvalue weighted by molar-refractivity contribution is 0.0596. The molecule has 1 heterocycles. The Hall–Kier alpha value is -2.66. The van der Waals surface area contributed by atoms with Crippen LogP contribution in [0.1, 0.15) is 15.9 Å². The standard InChI is InChI=1S/C19H16O4S/c1-22-19(21)17-14(12-24-15-5-3-2-4-6-15)7-8-16(18(17)20)13-9-10-23-11-13/h2-11,20H,12H2,1H3. The maximum Gasteiger partial charge on any atom is 0.341 e. The number of benzene rings is 2. The van der Waals surface area contributed by atoms with Crippen LogP contribution in [0.2, 0.25) is 0 Å². The number of phenolic OH excluding ortho intramolecular Hbond substituents is 1. The van der Waals surface area contributed by atoms with E-state index in [9.17, 15) is 9.90 Å². The molecule has 0 aliphatic rings. The number of hydrogen-bond acceptors (Lipinski definition) is 5. The lowest BCUT2D eigenvalue weighted by Gasteiger charge is -2.13. The van der Waals surface area contributed by atoms with Crippen LogP contribution in [0.5, 0.6) is 5.75 Å². The Labute approximate surface area is 144 Å². The van der Waals surface area contributed by atoms with E-state index in [0.717, 1.165) is 10.5 Å². The van der Waals surface area contributed by atoms with Crippen molar-refractivity contribution in [3.63, 3.8) is 0 Å². The third kappa shape index (κ3) is 3.31. The zero-order valence-corrected chi connectivity index (χ0v) is 13.9. The molecular weight excluding hydrogens is 324 g/mol. The molecule has 4 nitrogen and oxygen atoms in total. The number of hydrogen-bond donors (Lipinski definition) is 1. The van der Waals surface area contributed by atoms with Crippen LogP contribution in [0.15, 0.2) is 70.4 Å². The van der Waals surface area contributed by atoms with Crippen molar-refractivity contribution in [2.75, 3.05) is 7.11 Å². The predicted molar refractivity (Wildman–Crippen MR) is 93.2 cm³/mol. The maximum atomic E-state index is 12.2. The highest BCUT2D eigenvalue weighted by Gasteiger charge is 2.21. The van der Waals surface area contributed by atoms with Gasteiger partial charge >= 0.3 is 5.97 Å². The Morgan fingerprint density at radius 1 is 1.17 bits per heavy atom. The summed E-state index contributed by atoms with van der Waals surface area (Å²) in [6, 6.07) is 15.2. The van der Waals surface area contributed by atoms with Crippen LogP contribution >= 0.6 is 11.8 Å². The van der Waals surface area contributed by atoms with Gasteiger partial charge in [-0.1, -0.05) is 30.3 Å². The quantitative estimate of drug-likeness (QED) is 0.537. The molecule has 0 saturated carbocycles. The Balaban J connectivity index is 1.96. The molecular formula is C19H16O4S. The summed E-state index contributed by atoms with van der Waals surface area (Å²) >= 11 is 1.59. The van der Waals surface area contributed by atoms with E-state index in [1.54, 1.807) is 23.9 Å². The first-order valence-corrected chi connectivity index (χ1v) is 8.33. The highest BCUT2D eigenvalue weighted by molar-refractivity contribution is 7.98. The molecule has 0 radical (unpaired) electrons. The third-order valence-corrected chi connectivity index (χ3v) is 4.68. The molecule has 0 aliphatic heterocycles. The van der Waals surface area contributed by atoms with Crippen LogP contribution in [0.3, 0.4) is 0 Å². The van der Waals surface area contributed by atoms with E-state index in [1.807, 2.05) is 36.4 Å². The van der Waals surface area contributed by atoms with Gasteiger partial charge in [0.1, 0.15) is 11.3 Å². The number of methoxy groups -OCH3 is 1. The second-order valence-electron chi connectivity index (χ2n) is 5.10. The maximum absolute atomic E-state index is 12.2. The van der Waals surface area contributed by atoms with Crippen molar-refractivity contribution in [3.05, 3.63) is 72.2 Å². The Morgan fingerprint density at radius 3 is 2.62 bits per heavy atom. The summed E-state index contributed by atoms with van der Waals surface area (Å²) in [5.41, 5.74) is 2.16. The summed E-state index contributed by atoms with van der Waals surface area (Å²) in [7, 11) is 1.31. The molecule has 5 heteroatoms. The van der Waals surface area contributed by atoms with Gasteiger partial charge < -0.3 is 14.3 Å². The van der Waals surface area contributed by atoms with E-state index >= 15 is 0 Å². The highest BCUT2D eigenvalue weighted by Crippen LogP contribution is 2.37. The van der Waals surface area contributed by atoms with Crippen LogP contribution in [-0.4, -0.2) is 18.2 Å². The Bertz CT molecular complexity index is 826. The van der Waals surface area contributed by atoms with Crippen LogP contribution in [-0.2, 0) is 10.5 Å². The number of phenols is 1. The normalized spacial score (nSPS) is 10.5. The van der Waals surface area contributed by atoms with Gasteiger partial charge in [0.05, 0.1) is 19.6 Å². The van der Waals surface area contributed by atoms with Crippen molar-refractivity contribution < 1.29 is 19.1 Å². The molecule has 3 rings (SSSR count). The second-order valence-corrected chi connectivity index (χ2v) is 6.15. The average Bonchev–Trinajstić information content (AvgIpc) is 3.14. The van der Waals surface area contributed by atoms with Gasteiger partial charge in [0.25, 0.3) is 0 Å². The number of carbonyl (C=O) groups excluding carboxylic acids is 1. The fourth-order valence-corrected chi connectivity index (χ4v) is 3.32. The van der Waals surface area contributed by atoms with E-state index in [4.69, 9.17) is 9.15 Å². The molecule has 1 N–H and O–H groups in total. The fourth-order valence-electron chi connectivity index (χ4n) is 2.41. The SMILES string of the molecule is COC(=O)c1c(CSc2ccccc2)ccc(-c2ccoc2)c1O. The summed E-state index contributed by atoms with van der Waals surface area (Å²) in [6.07, 6.45) is 3.04. The third-order valence-electron chi connectivity index (χ3n) is 3.62. The zero-order chi connectivity index (χ0) is 16.9. The van der Waals surface area contributed by atoms with Crippen LogP contribution in [0, 0.1) is 0 Å². The van der Waals surface area contributed by atoms with Crippen LogP contribution < -0.4 is 0 Å². The molecule has 1 aromatic heterocycles. The van der Waals surface area contributed by atoms with Crippen molar-refractivity contribution in [1.29, 1.82) is 0 Å². The number of aromatic hydroxyl groups is 1. The first-order chi connectivity index (χ1) is 11.7. The van der Waals surface area contributed by atoms with Crippen molar-refractivity contribution in [2.45, 2.75) is 10.6 Å². The minimum Gasteiger partial charge on any atom is -0.506 e. The molecule has 0 amide bonds. The molecule has 3 aromatic rings. The smallest absolute Gasteiger partial charge is 0.341 e. The van der Waals surface area contributed by atoms with Gasteiger partial charge in [0.2, 0.25) is 0 Å². The second kappa shape index (κ2) is 7.27. The van der Waals surface area contributed by atoms with E-state index in [2.05, 4.69) is 0 Å². The Kier molecular flexibility index (Phi) is 4.91. The largest absolute Gasteiger partial charge is 0.506 e. The van der Waals surface area contributed by atoms with Crippen LogP contribution in [0.4, 0.5) is 0 Å². The summed E-state index contributed by atoms with van der Waals surface area (Å²) < 4.78 is 9.91. The minimum absolute atomic E-state index is 0.0885. The van der Waals surface area contributed by atoms with Crippen molar-refractivity contribution in [3.8, 4) is 16.9 Å². The minimum atomic E-state index is -0.554. The molecule has 24 heavy (non-hydrogen) atoms. The van der Waals surface area contributed by atoms with Gasteiger partial charge in [-0.05, 0) is 23.8 Å². The first-order valence-electron chi connectivity index (χ1n) is 7.34. The van der Waals surface area contributed by atoms with Crippen molar-refractivity contribution in [2.24, 2.45) is 0 Å². The number of thioether (sulfide) groups is 1. The molecule has 0 unspecified atom stereocenters.